The van der Waals surface area contributed by atoms with Gasteiger partial charge in [0.15, 0.2) is 5.65 Å². The molecule has 2 aromatic heterocycles. The summed E-state index contributed by atoms with van der Waals surface area (Å²) >= 11 is 0. The molecule has 2 fully saturated rings. The number of aliphatic hydroxyl groups is 1. The maximum absolute atomic E-state index is 13.1. The molecule has 1 aliphatic carbocycles. The van der Waals surface area contributed by atoms with Crippen LogP contribution in [0.1, 0.15) is 44.9 Å². The molecule has 0 radical (unpaired) electrons. The maximum Gasteiger partial charge on any atom is 0.264 e. The molecule has 0 unspecified atom stereocenters. The number of para-hydroxylation sites is 1. The summed E-state index contributed by atoms with van der Waals surface area (Å²) in [6.45, 7) is 1.22. The number of rotatable bonds is 4. The third kappa shape index (κ3) is 3.95. The number of aromatic nitrogens is 4. The molecule has 3 aromatic rings. The summed E-state index contributed by atoms with van der Waals surface area (Å²) in [6, 6.07) is 9.55. The first-order valence-electron chi connectivity index (χ1n) is 11.5. The number of hydrogen-bond acceptors (Lipinski definition) is 5. The molecule has 32 heavy (non-hydrogen) atoms. The second kappa shape index (κ2) is 8.50. The number of hydrogen-bond donors (Lipinski definition) is 1. The number of benzene rings is 1. The fourth-order valence-corrected chi connectivity index (χ4v) is 5.05. The zero-order chi connectivity index (χ0) is 22.1. The number of nitrogens with zero attached hydrogens (tertiary/aromatic N) is 5. The molecular formula is C24H29N5O3. The minimum Gasteiger partial charge on any atom is -0.388 e. The topological polar surface area (TPSA) is 93.2 Å². The van der Waals surface area contributed by atoms with Crippen LogP contribution in [0.3, 0.4) is 0 Å². The van der Waals surface area contributed by atoms with Gasteiger partial charge in [0.2, 0.25) is 5.91 Å². The Labute approximate surface area is 186 Å². The Balaban J connectivity index is 1.30. The molecule has 1 aliphatic heterocycles. The highest BCUT2D eigenvalue weighted by molar-refractivity contribution is 5.79. The number of likely N-dealkylation sites (tertiary alicyclic amines) is 1. The fraction of sp³-hybridized carbons (Fsp3) is 0.500. The standard InChI is InChI=1S/C24H29N5O3/c30-22(18-7-3-1-4-8-18)27-13-11-24(32,12-14-27)16-28-17-25-21-20(23(28)31)15-26-29(21)19-9-5-2-6-10-19/h2,5-6,9-10,15,17-18,32H,1,3-4,7-8,11-14,16H2. The Morgan fingerprint density at radius 3 is 2.53 bits per heavy atom. The normalized spacial score (nSPS) is 19.3. The van der Waals surface area contributed by atoms with Crippen LogP contribution >= 0.6 is 0 Å². The average molecular weight is 436 g/mol. The van der Waals surface area contributed by atoms with E-state index in [-0.39, 0.29) is 23.9 Å². The Hall–Kier alpha value is -3.00. The van der Waals surface area contributed by atoms with Crippen molar-refractivity contribution < 1.29 is 9.90 Å². The first-order chi connectivity index (χ1) is 15.5. The lowest BCUT2D eigenvalue weighted by molar-refractivity contribution is -0.141. The molecule has 1 amide bonds. The monoisotopic (exact) mass is 435 g/mol. The highest BCUT2D eigenvalue weighted by atomic mass is 16.3. The Morgan fingerprint density at radius 2 is 1.81 bits per heavy atom. The third-order valence-corrected chi connectivity index (χ3v) is 6.98. The van der Waals surface area contributed by atoms with Crippen molar-refractivity contribution in [2.24, 2.45) is 5.92 Å². The van der Waals surface area contributed by atoms with E-state index < -0.39 is 5.60 Å². The SMILES string of the molecule is O=C(C1CCCCC1)N1CCC(O)(Cn2cnc3c(cnn3-c3ccccc3)c2=O)CC1. The van der Waals surface area contributed by atoms with Crippen molar-refractivity contribution in [3.05, 3.63) is 53.2 Å². The van der Waals surface area contributed by atoms with Gasteiger partial charge < -0.3 is 10.0 Å². The van der Waals surface area contributed by atoms with Crippen molar-refractivity contribution in [3.8, 4) is 5.69 Å². The first kappa shape index (κ1) is 20.9. The van der Waals surface area contributed by atoms with Gasteiger partial charge in [-0.05, 0) is 37.8 Å². The van der Waals surface area contributed by atoms with E-state index in [9.17, 15) is 14.7 Å². The smallest absolute Gasteiger partial charge is 0.264 e. The van der Waals surface area contributed by atoms with Crippen molar-refractivity contribution in [1.82, 2.24) is 24.2 Å². The Morgan fingerprint density at radius 1 is 1.09 bits per heavy atom. The van der Waals surface area contributed by atoms with Gasteiger partial charge in [0.05, 0.1) is 24.0 Å². The van der Waals surface area contributed by atoms with Gasteiger partial charge in [-0.2, -0.15) is 5.10 Å². The minimum atomic E-state index is -1.03. The molecule has 1 saturated heterocycles. The van der Waals surface area contributed by atoms with E-state index in [0.717, 1.165) is 31.4 Å². The summed E-state index contributed by atoms with van der Waals surface area (Å²) in [4.78, 5) is 32.2. The summed E-state index contributed by atoms with van der Waals surface area (Å²) in [5, 5.41) is 15.9. The van der Waals surface area contributed by atoms with Gasteiger partial charge in [0.25, 0.3) is 5.56 Å². The predicted octanol–water partition coefficient (Wildman–Crippen LogP) is 2.52. The molecule has 1 aromatic carbocycles. The van der Waals surface area contributed by atoms with Crippen molar-refractivity contribution in [2.45, 2.75) is 57.1 Å². The van der Waals surface area contributed by atoms with Gasteiger partial charge in [-0.1, -0.05) is 37.5 Å². The molecule has 5 rings (SSSR count). The quantitative estimate of drug-likeness (QED) is 0.680. The lowest BCUT2D eigenvalue weighted by atomic mass is 9.86. The summed E-state index contributed by atoms with van der Waals surface area (Å²) < 4.78 is 3.11. The third-order valence-electron chi connectivity index (χ3n) is 6.98. The zero-order valence-corrected chi connectivity index (χ0v) is 18.2. The summed E-state index contributed by atoms with van der Waals surface area (Å²) in [6.07, 6.45) is 9.39. The second-order valence-electron chi connectivity index (χ2n) is 9.19. The van der Waals surface area contributed by atoms with Crippen LogP contribution in [0.15, 0.2) is 47.7 Å². The lowest BCUT2D eigenvalue weighted by Crippen LogP contribution is -2.51. The van der Waals surface area contributed by atoms with Crippen molar-refractivity contribution >= 4 is 16.9 Å². The lowest BCUT2D eigenvalue weighted by Gasteiger charge is -2.40. The number of carbonyl (C=O) groups is 1. The van der Waals surface area contributed by atoms with Crippen LogP contribution in [0.5, 0.6) is 0 Å². The first-order valence-corrected chi connectivity index (χ1v) is 11.5. The number of amides is 1. The van der Waals surface area contributed by atoms with Gasteiger partial charge in [-0.3, -0.25) is 14.2 Å². The molecular weight excluding hydrogens is 406 g/mol. The molecule has 3 heterocycles. The highest BCUT2D eigenvalue weighted by Gasteiger charge is 2.36. The molecule has 2 aliphatic rings. The molecule has 168 valence electrons. The number of carbonyl (C=O) groups excluding carboxylic acids is 1. The van der Waals surface area contributed by atoms with Crippen LogP contribution < -0.4 is 5.56 Å². The summed E-state index contributed by atoms with van der Waals surface area (Å²) in [5.41, 5.74) is 0.0854. The van der Waals surface area contributed by atoms with E-state index in [4.69, 9.17) is 0 Å². The van der Waals surface area contributed by atoms with E-state index in [1.54, 1.807) is 4.68 Å². The van der Waals surface area contributed by atoms with E-state index in [2.05, 4.69) is 10.1 Å². The number of piperidine rings is 1. The Bertz CT molecular complexity index is 1160. The van der Waals surface area contributed by atoms with E-state index in [0.29, 0.717) is 37.0 Å². The fourth-order valence-electron chi connectivity index (χ4n) is 5.05. The van der Waals surface area contributed by atoms with E-state index in [1.165, 1.54) is 23.5 Å². The number of fused-ring (bicyclic) bond motifs is 1. The van der Waals surface area contributed by atoms with Gasteiger partial charge in [0, 0.05) is 19.0 Å². The van der Waals surface area contributed by atoms with Crippen LogP contribution in [-0.2, 0) is 11.3 Å². The molecule has 0 bridgehead atoms. The van der Waals surface area contributed by atoms with E-state index >= 15 is 0 Å². The van der Waals surface area contributed by atoms with Crippen molar-refractivity contribution in [3.63, 3.8) is 0 Å². The van der Waals surface area contributed by atoms with Crippen LogP contribution in [0.25, 0.3) is 16.7 Å². The van der Waals surface area contributed by atoms with Crippen LogP contribution in [0, 0.1) is 5.92 Å². The van der Waals surface area contributed by atoms with Gasteiger partial charge in [-0.25, -0.2) is 9.67 Å². The average Bonchev–Trinajstić information content (AvgIpc) is 3.27. The summed E-state index contributed by atoms with van der Waals surface area (Å²) in [7, 11) is 0. The molecule has 1 N–H and O–H groups in total. The predicted molar refractivity (Wildman–Crippen MR) is 120 cm³/mol. The largest absolute Gasteiger partial charge is 0.388 e. The summed E-state index contributed by atoms with van der Waals surface area (Å²) in [5.74, 6) is 0.380. The van der Waals surface area contributed by atoms with Crippen LogP contribution in [-0.4, -0.2) is 53.9 Å². The van der Waals surface area contributed by atoms with Crippen LogP contribution in [0.2, 0.25) is 0 Å². The van der Waals surface area contributed by atoms with Gasteiger partial charge in [0.1, 0.15) is 11.7 Å². The molecule has 8 nitrogen and oxygen atoms in total. The van der Waals surface area contributed by atoms with Gasteiger partial charge in [-0.15, -0.1) is 0 Å². The van der Waals surface area contributed by atoms with Gasteiger partial charge >= 0.3 is 0 Å². The molecule has 1 saturated carbocycles. The minimum absolute atomic E-state index is 0.144. The van der Waals surface area contributed by atoms with E-state index in [1.807, 2.05) is 35.2 Å². The van der Waals surface area contributed by atoms with Crippen molar-refractivity contribution in [1.29, 1.82) is 0 Å². The van der Waals surface area contributed by atoms with Crippen LogP contribution in [0.4, 0.5) is 0 Å². The molecule has 0 atom stereocenters. The van der Waals surface area contributed by atoms with Crippen molar-refractivity contribution in [2.75, 3.05) is 13.1 Å². The zero-order valence-electron chi connectivity index (χ0n) is 18.2. The maximum atomic E-state index is 13.1. The highest BCUT2D eigenvalue weighted by Crippen LogP contribution is 2.29. The second-order valence-corrected chi connectivity index (χ2v) is 9.19. The molecule has 8 heteroatoms. The molecule has 0 spiro atoms. The Kier molecular flexibility index (Phi) is 5.55.